The fraction of sp³-hybridized carbons (Fsp3) is 0.636. The van der Waals surface area contributed by atoms with Crippen LogP contribution in [0.5, 0.6) is 11.5 Å². The van der Waals surface area contributed by atoms with Gasteiger partial charge in [-0.2, -0.15) is 0 Å². The monoisotopic (exact) mass is 476 g/mol. The van der Waals surface area contributed by atoms with E-state index in [1.54, 1.807) is 0 Å². The van der Waals surface area contributed by atoms with Gasteiger partial charge in [-0.25, -0.2) is 0 Å². The summed E-state index contributed by atoms with van der Waals surface area (Å²) in [6, 6.07) is 17.6. The van der Waals surface area contributed by atoms with Gasteiger partial charge in [0.1, 0.15) is 11.5 Å². The summed E-state index contributed by atoms with van der Waals surface area (Å²) in [7, 11) is 0. The van der Waals surface area contributed by atoms with Crippen LogP contribution in [-0.4, -0.2) is 12.7 Å². The van der Waals surface area contributed by atoms with E-state index < -0.39 is 0 Å². The fourth-order valence-corrected chi connectivity index (χ4v) is 6.03. The molecule has 2 aliphatic carbocycles. The van der Waals surface area contributed by atoms with E-state index in [1.165, 1.54) is 56.1 Å². The Hall–Kier alpha value is -1.96. The Bertz CT molecular complexity index is 901. The van der Waals surface area contributed by atoms with E-state index in [0.29, 0.717) is 12.0 Å². The first-order valence-electron chi connectivity index (χ1n) is 14.2. The van der Waals surface area contributed by atoms with E-state index in [1.807, 2.05) is 0 Å². The molecule has 2 saturated carbocycles. The Kier molecular flexibility index (Phi) is 8.50. The van der Waals surface area contributed by atoms with Gasteiger partial charge >= 0.3 is 0 Å². The van der Waals surface area contributed by atoms with Crippen molar-refractivity contribution in [3.8, 4) is 11.5 Å². The van der Waals surface area contributed by atoms with Gasteiger partial charge in [0.2, 0.25) is 0 Å². The Morgan fingerprint density at radius 3 is 1.66 bits per heavy atom. The van der Waals surface area contributed by atoms with Gasteiger partial charge in [-0.05, 0) is 104 Å². The van der Waals surface area contributed by atoms with Crippen molar-refractivity contribution in [3.63, 3.8) is 0 Å². The zero-order chi connectivity index (χ0) is 25.0. The number of hydrogen-bond acceptors (Lipinski definition) is 2. The maximum Gasteiger partial charge on any atom is 0.119 e. The third-order valence-electron chi connectivity index (χ3n) is 9.51. The van der Waals surface area contributed by atoms with Crippen molar-refractivity contribution in [3.05, 3.63) is 59.7 Å². The molecule has 2 nitrogen and oxygen atoms in total. The number of rotatable bonds is 7. The van der Waals surface area contributed by atoms with Gasteiger partial charge in [0.25, 0.3) is 0 Å². The lowest BCUT2D eigenvalue weighted by Crippen LogP contribution is -2.24. The highest BCUT2D eigenvalue weighted by Crippen LogP contribution is 2.36. The average molecular weight is 477 g/mol. The number of ether oxygens (including phenoxy) is 2. The lowest BCUT2D eigenvalue weighted by molar-refractivity contribution is 0.148. The Balaban J connectivity index is 1.33. The minimum Gasteiger partial charge on any atom is -0.493 e. The maximum absolute atomic E-state index is 6.39. The van der Waals surface area contributed by atoms with Gasteiger partial charge in [0, 0.05) is 5.41 Å². The Morgan fingerprint density at radius 2 is 1.11 bits per heavy atom. The molecule has 5 unspecified atom stereocenters. The molecular formula is C33H48O2. The summed E-state index contributed by atoms with van der Waals surface area (Å²) in [5.41, 5.74) is 2.55. The largest absolute Gasteiger partial charge is 0.493 e. The summed E-state index contributed by atoms with van der Waals surface area (Å²) in [6.45, 7) is 15.0. The van der Waals surface area contributed by atoms with Crippen LogP contribution in [0.1, 0.15) is 97.6 Å². The minimum absolute atomic E-state index is 0.0703. The van der Waals surface area contributed by atoms with Crippen LogP contribution in [0.15, 0.2) is 48.5 Å². The second kappa shape index (κ2) is 11.4. The van der Waals surface area contributed by atoms with Crippen LogP contribution in [0.2, 0.25) is 0 Å². The van der Waals surface area contributed by atoms with Crippen LogP contribution < -0.4 is 9.47 Å². The molecule has 2 aromatic carbocycles. The molecule has 0 radical (unpaired) electrons. The molecule has 2 aliphatic rings. The van der Waals surface area contributed by atoms with Gasteiger partial charge < -0.3 is 9.47 Å². The molecule has 35 heavy (non-hydrogen) atoms. The van der Waals surface area contributed by atoms with E-state index in [4.69, 9.17) is 9.47 Å². The van der Waals surface area contributed by atoms with Crippen molar-refractivity contribution in [1.29, 1.82) is 0 Å². The molecule has 2 fully saturated rings. The molecule has 5 atom stereocenters. The normalized spacial score (nSPS) is 29.9. The van der Waals surface area contributed by atoms with Gasteiger partial charge in [0.15, 0.2) is 0 Å². The maximum atomic E-state index is 6.39. The lowest BCUT2D eigenvalue weighted by Gasteiger charge is -2.32. The summed E-state index contributed by atoms with van der Waals surface area (Å²) >= 11 is 0. The highest BCUT2D eigenvalue weighted by Gasteiger charge is 2.26. The van der Waals surface area contributed by atoms with Gasteiger partial charge in [-0.1, -0.05) is 72.2 Å². The molecule has 2 aromatic rings. The zero-order valence-corrected chi connectivity index (χ0v) is 23.1. The average Bonchev–Trinajstić information content (AvgIpc) is 3.01. The first kappa shape index (κ1) is 26.1. The molecule has 0 spiro atoms. The molecule has 4 rings (SSSR count). The van der Waals surface area contributed by atoms with E-state index in [9.17, 15) is 0 Å². The van der Waals surface area contributed by atoms with Crippen molar-refractivity contribution in [2.75, 3.05) is 6.61 Å². The molecule has 0 aromatic heterocycles. The van der Waals surface area contributed by atoms with Gasteiger partial charge in [0.05, 0.1) is 12.7 Å². The second-order valence-corrected chi connectivity index (χ2v) is 12.5. The van der Waals surface area contributed by atoms with Crippen molar-refractivity contribution in [1.82, 2.24) is 0 Å². The first-order chi connectivity index (χ1) is 16.7. The van der Waals surface area contributed by atoms with Crippen molar-refractivity contribution < 1.29 is 9.47 Å². The van der Waals surface area contributed by atoms with Gasteiger partial charge in [-0.3, -0.25) is 0 Å². The van der Waals surface area contributed by atoms with E-state index >= 15 is 0 Å². The summed E-state index contributed by atoms with van der Waals surface area (Å²) in [5.74, 6) is 5.99. The fourth-order valence-electron chi connectivity index (χ4n) is 6.03. The van der Waals surface area contributed by atoms with E-state index in [2.05, 4.69) is 90.1 Å². The van der Waals surface area contributed by atoms with E-state index in [-0.39, 0.29) is 5.41 Å². The quantitative estimate of drug-likeness (QED) is 0.371. The van der Waals surface area contributed by atoms with Gasteiger partial charge in [-0.15, -0.1) is 0 Å². The molecule has 0 N–H and O–H groups in total. The van der Waals surface area contributed by atoms with Crippen molar-refractivity contribution >= 4 is 0 Å². The molecule has 2 heteroatoms. The SMILES string of the molecule is CC1CCC(Oc2ccc(C(C)(C)c3ccc(OCC4CCC(C)C(C)C4)cc3)cc2)CCC1C. The Labute approximate surface area is 214 Å². The molecule has 192 valence electrons. The minimum atomic E-state index is -0.0703. The number of benzene rings is 2. The van der Waals surface area contributed by atoms with Crippen molar-refractivity contribution in [2.45, 2.75) is 98.0 Å². The molecule has 0 aliphatic heterocycles. The van der Waals surface area contributed by atoms with Crippen LogP contribution in [0.4, 0.5) is 0 Å². The highest BCUT2D eigenvalue weighted by atomic mass is 16.5. The molecule has 0 heterocycles. The predicted molar refractivity (Wildman–Crippen MR) is 147 cm³/mol. The third-order valence-corrected chi connectivity index (χ3v) is 9.51. The zero-order valence-electron chi connectivity index (χ0n) is 23.1. The first-order valence-corrected chi connectivity index (χ1v) is 14.2. The second-order valence-electron chi connectivity index (χ2n) is 12.5. The highest BCUT2D eigenvalue weighted by molar-refractivity contribution is 5.41. The molecule has 0 saturated heterocycles. The predicted octanol–water partition coefficient (Wildman–Crippen LogP) is 9.06. The standard InChI is InChI=1S/C33H48O2/c1-23-8-15-31(16-9-24(23)2)35-32-19-13-29(14-20-32)33(5,6)28-11-17-30(18-12-28)34-22-27-10-7-25(3)26(4)21-27/h11-14,17-20,23-27,31H,7-10,15-16,21-22H2,1-6H3. The summed E-state index contributed by atoms with van der Waals surface area (Å²) in [5, 5.41) is 0. The summed E-state index contributed by atoms with van der Waals surface area (Å²) < 4.78 is 12.6. The molecule has 0 amide bonds. The number of hydrogen-bond donors (Lipinski definition) is 0. The smallest absolute Gasteiger partial charge is 0.119 e. The van der Waals surface area contributed by atoms with Crippen LogP contribution in [0.25, 0.3) is 0 Å². The summed E-state index contributed by atoms with van der Waals surface area (Å²) in [6.07, 6.45) is 9.18. The summed E-state index contributed by atoms with van der Waals surface area (Å²) in [4.78, 5) is 0. The lowest BCUT2D eigenvalue weighted by atomic mass is 9.76. The topological polar surface area (TPSA) is 18.5 Å². The molecular weight excluding hydrogens is 428 g/mol. The van der Waals surface area contributed by atoms with Crippen LogP contribution in [0.3, 0.4) is 0 Å². The Morgan fingerprint density at radius 1 is 0.629 bits per heavy atom. The van der Waals surface area contributed by atoms with Crippen LogP contribution >= 0.6 is 0 Å². The van der Waals surface area contributed by atoms with E-state index in [0.717, 1.165) is 41.8 Å². The van der Waals surface area contributed by atoms with Crippen molar-refractivity contribution in [2.24, 2.45) is 29.6 Å². The van der Waals surface area contributed by atoms with Crippen LogP contribution in [-0.2, 0) is 5.41 Å². The third kappa shape index (κ3) is 6.63. The van der Waals surface area contributed by atoms with Crippen LogP contribution in [0, 0.1) is 29.6 Å². The molecule has 0 bridgehead atoms.